The molecule has 2 aromatic carbocycles. The quantitative estimate of drug-likeness (QED) is 0.562. The van der Waals surface area contributed by atoms with E-state index in [1.54, 1.807) is 0 Å². The molecule has 3 heteroatoms. The van der Waals surface area contributed by atoms with Crippen molar-refractivity contribution < 1.29 is 21.7 Å². The van der Waals surface area contributed by atoms with Gasteiger partial charge in [-0.3, -0.25) is 0 Å². The van der Waals surface area contributed by atoms with Crippen LogP contribution in [0.5, 0.6) is 5.75 Å². The number of benzene rings is 2. The average molecular weight is 344 g/mol. The number of ether oxygens (including phenoxy) is 1. The van der Waals surface area contributed by atoms with Gasteiger partial charge in [0.1, 0.15) is 5.75 Å². The van der Waals surface area contributed by atoms with Crippen molar-refractivity contribution in [3.8, 4) is 5.75 Å². The van der Waals surface area contributed by atoms with Crippen LogP contribution in [0.15, 0.2) is 48.5 Å². The molecule has 0 aliphatic carbocycles. The van der Waals surface area contributed by atoms with Gasteiger partial charge in [0.2, 0.25) is 0 Å². The molecule has 0 heterocycles. The van der Waals surface area contributed by atoms with Crippen LogP contribution in [-0.2, 0) is 13.0 Å². The summed E-state index contributed by atoms with van der Waals surface area (Å²) in [5, 5.41) is 0. The van der Waals surface area contributed by atoms with Gasteiger partial charge in [-0.2, -0.15) is 30.3 Å². The molecular formula is C17H19BrMgO. The molecule has 0 bridgehead atoms. The van der Waals surface area contributed by atoms with Crippen molar-refractivity contribution in [3.05, 3.63) is 65.7 Å². The van der Waals surface area contributed by atoms with Crippen LogP contribution in [0, 0.1) is 6.07 Å². The van der Waals surface area contributed by atoms with Crippen molar-refractivity contribution in [2.24, 2.45) is 0 Å². The van der Waals surface area contributed by atoms with Gasteiger partial charge >= 0.3 is 23.1 Å². The topological polar surface area (TPSA) is 9.23 Å². The van der Waals surface area contributed by atoms with E-state index in [4.69, 9.17) is 4.74 Å². The fourth-order valence-corrected chi connectivity index (χ4v) is 1.81. The fourth-order valence-electron chi connectivity index (χ4n) is 1.81. The molecule has 20 heavy (non-hydrogen) atoms. The molecule has 1 nitrogen and oxygen atoms in total. The van der Waals surface area contributed by atoms with Gasteiger partial charge in [-0.05, 0) is 30.5 Å². The van der Waals surface area contributed by atoms with E-state index in [2.05, 4.69) is 25.1 Å². The Hall–Kier alpha value is -0.514. The number of hydrogen-bond donors (Lipinski definition) is 0. The van der Waals surface area contributed by atoms with E-state index in [0.29, 0.717) is 6.61 Å². The van der Waals surface area contributed by atoms with E-state index in [-0.39, 0.29) is 40.0 Å². The van der Waals surface area contributed by atoms with E-state index in [1.165, 1.54) is 18.4 Å². The Morgan fingerprint density at radius 2 is 1.80 bits per heavy atom. The third kappa shape index (κ3) is 6.77. The molecule has 0 unspecified atom stereocenters. The Morgan fingerprint density at radius 1 is 1.05 bits per heavy atom. The van der Waals surface area contributed by atoms with Gasteiger partial charge in [0, 0.05) is 0 Å². The molecule has 0 fully saturated rings. The van der Waals surface area contributed by atoms with Gasteiger partial charge in [-0.15, -0.1) is 5.56 Å². The van der Waals surface area contributed by atoms with E-state index in [1.807, 2.05) is 36.4 Å². The number of aryl methyl sites for hydroxylation is 1. The second-order valence-corrected chi connectivity index (χ2v) is 4.42. The predicted octanol–water partition coefficient (Wildman–Crippen LogP) is 1.03. The molecule has 2 rings (SSSR count). The molecule has 0 spiro atoms. The Kier molecular flexibility index (Phi) is 10.9. The summed E-state index contributed by atoms with van der Waals surface area (Å²) in [5.41, 5.74) is 2.46. The first kappa shape index (κ1) is 19.5. The normalized spacial score (nSPS) is 9.25. The van der Waals surface area contributed by atoms with E-state index in [9.17, 15) is 0 Å². The summed E-state index contributed by atoms with van der Waals surface area (Å²) in [6.45, 7) is 2.79. The van der Waals surface area contributed by atoms with Gasteiger partial charge in [-0.1, -0.05) is 25.5 Å². The average Bonchev–Trinajstić information content (AvgIpc) is 2.45. The standard InChI is InChI=1S/C17H19O.BrH.Mg/c1-2-3-7-15-10-12-17(13-11-15)18-14-16-8-5-4-6-9-16;;/h4-6,8,10-13H,2-3,7,14H2,1H3;1H;/q-1;;+2/p-1. The molecule has 0 saturated heterocycles. The van der Waals surface area contributed by atoms with Gasteiger partial charge < -0.3 is 21.7 Å². The van der Waals surface area contributed by atoms with Crippen molar-refractivity contribution in [1.82, 2.24) is 0 Å². The molecule has 0 radical (unpaired) electrons. The van der Waals surface area contributed by atoms with Gasteiger partial charge in [0.15, 0.2) is 0 Å². The zero-order valence-corrected chi connectivity index (χ0v) is 14.9. The van der Waals surface area contributed by atoms with Crippen molar-refractivity contribution in [2.75, 3.05) is 0 Å². The van der Waals surface area contributed by atoms with Crippen LogP contribution in [-0.4, -0.2) is 23.1 Å². The van der Waals surface area contributed by atoms with Crippen LogP contribution < -0.4 is 21.7 Å². The largest absolute Gasteiger partial charge is 2.00 e. The predicted molar refractivity (Wildman–Crippen MR) is 80.4 cm³/mol. The summed E-state index contributed by atoms with van der Waals surface area (Å²) >= 11 is 0. The molecule has 0 N–H and O–H groups in total. The molecule has 102 valence electrons. The zero-order chi connectivity index (χ0) is 12.6. The second-order valence-electron chi connectivity index (χ2n) is 4.42. The number of halogens is 1. The smallest absolute Gasteiger partial charge is 1.00 e. The first-order chi connectivity index (χ1) is 8.88. The van der Waals surface area contributed by atoms with Crippen LogP contribution in [0.25, 0.3) is 0 Å². The van der Waals surface area contributed by atoms with Crippen molar-refractivity contribution >= 4 is 23.1 Å². The number of rotatable bonds is 6. The SMILES string of the molecule is CCCCc1ccc(OCc2[c-]cccc2)cc1.[Br-].[Mg+2]. The maximum Gasteiger partial charge on any atom is 2.00 e. The Balaban J connectivity index is 0.00000180. The van der Waals surface area contributed by atoms with Crippen molar-refractivity contribution in [3.63, 3.8) is 0 Å². The minimum Gasteiger partial charge on any atom is -1.00 e. The maximum absolute atomic E-state index is 5.72. The van der Waals surface area contributed by atoms with Crippen LogP contribution in [0.2, 0.25) is 0 Å². The van der Waals surface area contributed by atoms with E-state index in [0.717, 1.165) is 17.7 Å². The minimum absolute atomic E-state index is 0. The van der Waals surface area contributed by atoms with Crippen molar-refractivity contribution in [1.29, 1.82) is 0 Å². The molecule has 0 amide bonds. The summed E-state index contributed by atoms with van der Waals surface area (Å²) in [6.07, 6.45) is 3.64. The zero-order valence-electron chi connectivity index (χ0n) is 11.9. The van der Waals surface area contributed by atoms with Gasteiger partial charge in [-0.25, -0.2) is 0 Å². The Bertz CT molecular complexity index is 456. The Morgan fingerprint density at radius 3 is 2.40 bits per heavy atom. The monoisotopic (exact) mass is 342 g/mol. The molecule has 0 atom stereocenters. The third-order valence-electron chi connectivity index (χ3n) is 2.91. The molecule has 0 aliphatic rings. The molecule has 2 aromatic rings. The second kappa shape index (κ2) is 11.2. The number of unbranched alkanes of at least 4 members (excludes halogenated alkanes) is 1. The van der Waals surface area contributed by atoms with Crippen LogP contribution in [0.3, 0.4) is 0 Å². The summed E-state index contributed by atoms with van der Waals surface area (Å²) in [6, 6.07) is 19.5. The van der Waals surface area contributed by atoms with E-state index >= 15 is 0 Å². The van der Waals surface area contributed by atoms with E-state index < -0.39 is 0 Å². The van der Waals surface area contributed by atoms with Crippen LogP contribution >= 0.6 is 0 Å². The fraction of sp³-hybridized carbons (Fsp3) is 0.294. The first-order valence-corrected chi connectivity index (χ1v) is 6.56. The van der Waals surface area contributed by atoms with Gasteiger partial charge in [0.25, 0.3) is 0 Å². The molecule has 0 aliphatic heterocycles. The molecule has 0 aromatic heterocycles. The Labute approximate surface area is 148 Å². The maximum atomic E-state index is 5.72. The summed E-state index contributed by atoms with van der Waals surface area (Å²) in [4.78, 5) is 0. The summed E-state index contributed by atoms with van der Waals surface area (Å²) in [7, 11) is 0. The number of hydrogen-bond acceptors (Lipinski definition) is 1. The summed E-state index contributed by atoms with van der Waals surface area (Å²) in [5.74, 6) is 0.924. The third-order valence-corrected chi connectivity index (χ3v) is 2.91. The van der Waals surface area contributed by atoms with Crippen LogP contribution in [0.4, 0.5) is 0 Å². The van der Waals surface area contributed by atoms with Crippen molar-refractivity contribution in [2.45, 2.75) is 32.8 Å². The first-order valence-electron chi connectivity index (χ1n) is 6.56. The van der Waals surface area contributed by atoms with Gasteiger partial charge in [0.05, 0.1) is 6.61 Å². The molecule has 0 saturated carbocycles. The summed E-state index contributed by atoms with van der Waals surface area (Å²) < 4.78 is 5.72. The minimum atomic E-state index is 0. The van der Waals surface area contributed by atoms with Crippen LogP contribution in [0.1, 0.15) is 30.9 Å². The molecular weight excluding hydrogens is 324 g/mol.